The molecule has 0 atom stereocenters. The predicted octanol–water partition coefficient (Wildman–Crippen LogP) is 3.96. The van der Waals surface area contributed by atoms with Gasteiger partial charge in [-0.25, -0.2) is 4.39 Å². The Morgan fingerprint density at radius 3 is 2.23 bits per heavy atom. The van der Waals surface area contributed by atoms with Gasteiger partial charge < -0.3 is 4.90 Å². The quantitative estimate of drug-likeness (QED) is 0.757. The average Bonchev–Trinajstić information content (AvgIpc) is 3.30. The summed E-state index contributed by atoms with van der Waals surface area (Å²) in [6.07, 6.45) is -1.40. The molecule has 1 aromatic carbocycles. The second-order valence-electron chi connectivity index (χ2n) is 6.11. The molecule has 6 heteroatoms. The van der Waals surface area contributed by atoms with Crippen LogP contribution >= 0.6 is 0 Å². The normalized spacial score (nSPS) is 20.3. The molecule has 1 amide bonds. The smallest absolute Gasteiger partial charge is 0.342 e. The molecule has 0 unspecified atom stereocenters. The Labute approximate surface area is 126 Å². The molecule has 2 aliphatic rings. The van der Waals surface area contributed by atoms with Crippen molar-refractivity contribution >= 4 is 5.91 Å². The number of alkyl halides is 3. The summed E-state index contributed by atoms with van der Waals surface area (Å²) in [7, 11) is 0. The lowest BCUT2D eigenvalue weighted by atomic mass is 9.88. The summed E-state index contributed by atoms with van der Waals surface area (Å²) in [6.45, 7) is 1.20. The van der Waals surface area contributed by atoms with Crippen LogP contribution in [0.15, 0.2) is 18.2 Å². The van der Waals surface area contributed by atoms with Crippen molar-refractivity contribution < 1.29 is 22.4 Å². The van der Waals surface area contributed by atoms with E-state index >= 15 is 0 Å². The van der Waals surface area contributed by atoms with Gasteiger partial charge in [0.05, 0.1) is 5.56 Å². The van der Waals surface area contributed by atoms with Crippen LogP contribution in [0.1, 0.15) is 42.7 Å². The first kappa shape index (κ1) is 15.3. The molecule has 1 saturated heterocycles. The van der Waals surface area contributed by atoms with Crippen LogP contribution in [-0.4, -0.2) is 23.9 Å². The first-order chi connectivity index (χ1) is 10.4. The number of nitrogens with zero attached hydrogens (tertiary/aromatic N) is 1. The molecule has 2 fully saturated rings. The van der Waals surface area contributed by atoms with Crippen molar-refractivity contribution in [3.05, 3.63) is 35.1 Å². The zero-order valence-corrected chi connectivity index (χ0v) is 12.0. The summed E-state index contributed by atoms with van der Waals surface area (Å²) < 4.78 is 51.3. The van der Waals surface area contributed by atoms with Gasteiger partial charge in [-0.15, -0.1) is 0 Å². The highest BCUT2D eigenvalue weighted by Crippen LogP contribution is 2.36. The molecule has 1 saturated carbocycles. The molecule has 3 rings (SSSR count). The maximum absolute atomic E-state index is 13.6. The minimum atomic E-state index is -4.66. The second-order valence-corrected chi connectivity index (χ2v) is 6.11. The van der Waals surface area contributed by atoms with E-state index in [9.17, 15) is 22.4 Å². The molecule has 0 spiro atoms. The first-order valence-corrected chi connectivity index (χ1v) is 7.51. The highest BCUT2D eigenvalue weighted by molar-refractivity contribution is 5.81. The van der Waals surface area contributed by atoms with E-state index < -0.39 is 17.6 Å². The minimum absolute atomic E-state index is 0.0139. The molecule has 0 bridgehead atoms. The topological polar surface area (TPSA) is 20.3 Å². The Bertz CT molecular complexity index is 572. The monoisotopic (exact) mass is 315 g/mol. The molecular weight excluding hydrogens is 298 g/mol. The van der Waals surface area contributed by atoms with Crippen molar-refractivity contribution in [2.75, 3.05) is 13.1 Å². The lowest BCUT2D eigenvalue weighted by Crippen LogP contribution is -2.38. The number of benzene rings is 1. The molecule has 0 N–H and O–H groups in total. The molecule has 120 valence electrons. The number of halogens is 4. The molecule has 2 nitrogen and oxygen atoms in total. The van der Waals surface area contributed by atoms with E-state index in [1.165, 1.54) is 6.07 Å². The van der Waals surface area contributed by atoms with Gasteiger partial charge in [0.2, 0.25) is 5.91 Å². The van der Waals surface area contributed by atoms with Crippen molar-refractivity contribution in [3.8, 4) is 0 Å². The Hall–Kier alpha value is -1.59. The summed E-state index contributed by atoms with van der Waals surface area (Å²) in [4.78, 5) is 13.8. The van der Waals surface area contributed by atoms with Gasteiger partial charge in [0.25, 0.3) is 0 Å². The van der Waals surface area contributed by atoms with Gasteiger partial charge in [0.15, 0.2) is 0 Å². The van der Waals surface area contributed by atoms with Crippen LogP contribution < -0.4 is 0 Å². The SMILES string of the molecule is O=C(C1CC1)N1CCC(c2ccc(C(F)(F)F)c(F)c2)CC1. The Balaban J connectivity index is 1.66. The fourth-order valence-corrected chi connectivity index (χ4v) is 3.04. The highest BCUT2D eigenvalue weighted by Gasteiger charge is 2.36. The molecule has 0 aromatic heterocycles. The fourth-order valence-electron chi connectivity index (χ4n) is 3.04. The van der Waals surface area contributed by atoms with E-state index in [0.717, 1.165) is 25.0 Å². The minimum Gasteiger partial charge on any atom is -0.342 e. The molecule has 1 aliphatic carbocycles. The van der Waals surface area contributed by atoms with Crippen LogP contribution in [0.2, 0.25) is 0 Å². The summed E-state index contributed by atoms with van der Waals surface area (Å²) in [5.74, 6) is -0.835. The van der Waals surface area contributed by atoms with Gasteiger partial charge in [-0.05, 0) is 49.3 Å². The van der Waals surface area contributed by atoms with E-state index in [1.54, 1.807) is 0 Å². The summed E-state index contributed by atoms with van der Waals surface area (Å²) in [5, 5.41) is 0. The third-order valence-electron chi connectivity index (χ3n) is 4.50. The maximum atomic E-state index is 13.6. The van der Waals surface area contributed by atoms with Gasteiger partial charge in [-0.1, -0.05) is 6.07 Å². The highest BCUT2D eigenvalue weighted by atomic mass is 19.4. The Morgan fingerprint density at radius 1 is 1.09 bits per heavy atom. The largest absolute Gasteiger partial charge is 0.419 e. The zero-order chi connectivity index (χ0) is 15.9. The van der Waals surface area contributed by atoms with Crippen LogP contribution in [0.25, 0.3) is 0 Å². The molecule has 22 heavy (non-hydrogen) atoms. The number of carbonyl (C=O) groups excluding carboxylic acids is 1. The van der Waals surface area contributed by atoms with E-state index in [1.807, 2.05) is 4.90 Å². The van der Waals surface area contributed by atoms with Gasteiger partial charge >= 0.3 is 6.18 Å². The summed E-state index contributed by atoms with van der Waals surface area (Å²) >= 11 is 0. The van der Waals surface area contributed by atoms with Crippen LogP contribution in [0.4, 0.5) is 17.6 Å². The predicted molar refractivity (Wildman–Crippen MR) is 72.7 cm³/mol. The van der Waals surface area contributed by atoms with Crippen molar-refractivity contribution in [3.63, 3.8) is 0 Å². The molecule has 1 heterocycles. The van der Waals surface area contributed by atoms with E-state index in [4.69, 9.17) is 0 Å². The molecular formula is C16H17F4NO. The Morgan fingerprint density at radius 2 is 1.73 bits per heavy atom. The van der Waals surface area contributed by atoms with Crippen molar-refractivity contribution in [1.29, 1.82) is 0 Å². The number of hydrogen-bond acceptors (Lipinski definition) is 1. The number of piperidine rings is 1. The van der Waals surface area contributed by atoms with Crippen molar-refractivity contribution in [2.45, 2.75) is 37.8 Å². The average molecular weight is 315 g/mol. The van der Waals surface area contributed by atoms with Gasteiger partial charge in [-0.3, -0.25) is 4.79 Å². The van der Waals surface area contributed by atoms with E-state index in [2.05, 4.69) is 0 Å². The summed E-state index contributed by atoms with van der Waals surface area (Å²) in [6, 6.07) is 3.16. The Kier molecular flexibility index (Phi) is 3.87. The lowest BCUT2D eigenvalue weighted by molar-refractivity contribution is -0.140. The zero-order valence-electron chi connectivity index (χ0n) is 12.0. The molecule has 1 aliphatic heterocycles. The van der Waals surface area contributed by atoms with E-state index in [-0.39, 0.29) is 17.7 Å². The number of likely N-dealkylation sites (tertiary alicyclic amines) is 1. The van der Waals surface area contributed by atoms with Crippen LogP contribution in [-0.2, 0) is 11.0 Å². The number of carbonyl (C=O) groups is 1. The standard InChI is InChI=1S/C16H17F4NO/c17-14-9-12(3-4-13(14)16(18,19)20)10-5-7-21(8-6-10)15(22)11-1-2-11/h3-4,9-11H,1-2,5-8H2. The maximum Gasteiger partial charge on any atom is 0.419 e. The van der Waals surface area contributed by atoms with Crippen LogP contribution in [0, 0.1) is 11.7 Å². The summed E-state index contributed by atoms with van der Waals surface area (Å²) in [5.41, 5.74) is -0.637. The third kappa shape index (κ3) is 3.10. The fraction of sp³-hybridized carbons (Fsp3) is 0.562. The number of amides is 1. The van der Waals surface area contributed by atoms with Crippen molar-refractivity contribution in [2.24, 2.45) is 5.92 Å². The second kappa shape index (κ2) is 5.56. The van der Waals surface area contributed by atoms with Crippen molar-refractivity contribution in [1.82, 2.24) is 4.90 Å². The van der Waals surface area contributed by atoms with Crippen LogP contribution in [0.3, 0.4) is 0 Å². The van der Waals surface area contributed by atoms with Gasteiger partial charge in [-0.2, -0.15) is 13.2 Å². The lowest BCUT2D eigenvalue weighted by Gasteiger charge is -2.32. The van der Waals surface area contributed by atoms with Gasteiger partial charge in [0, 0.05) is 19.0 Å². The van der Waals surface area contributed by atoms with E-state index in [0.29, 0.717) is 31.5 Å². The number of rotatable bonds is 2. The van der Waals surface area contributed by atoms with Gasteiger partial charge in [0.1, 0.15) is 5.82 Å². The first-order valence-electron chi connectivity index (χ1n) is 7.51. The molecule has 1 aromatic rings. The van der Waals surface area contributed by atoms with Crippen LogP contribution in [0.5, 0.6) is 0 Å². The number of hydrogen-bond donors (Lipinski definition) is 0. The molecule has 0 radical (unpaired) electrons. The third-order valence-corrected chi connectivity index (χ3v) is 4.50.